The third-order valence-electron chi connectivity index (χ3n) is 5.40. The summed E-state index contributed by atoms with van der Waals surface area (Å²) in [4.78, 5) is 4.65. The number of rotatable bonds is 4. The molecule has 1 aliphatic heterocycles. The van der Waals surface area contributed by atoms with Crippen molar-refractivity contribution >= 4 is 22.6 Å². The molecule has 0 radical (unpaired) electrons. The Morgan fingerprint density at radius 2 is 1.94 bits per heavy atom. The van der Waals surface area contributed by atoms with Gasteiger partial charge in [0.2, 0.25) is 0 Å². The first-order valence-electron chi connectivity index (χ1n) is 10.1. The number of pyridine rings is 1. The number of aryl methyl sites for hydroxylation is 1. The summed E-state index contributed by atoms with van der Waals surface area (Å²) in [7, 11) is 1.75. The molecule has 0 amide bonds. The molecule has 8 nitrogen and oxygen atoms in total. The van der Waals surface area contributed by atoms with Crippen molar-refractivity contribution in [3.05, 3.63) is 35.6 Å². The van der Waals surface area contributed by atoms with Gasteiger partial charge in [-0.05, 0) is 37.5 Å². The molecule has 4 aromatic rings. The van der Waals surface area contributed by atoms with Crippen LogP contribution in [0.5, 0.6) is 0 Å². The van der Waals surface area contributed by atoms with Crippen LogP contribution in [0.15, 0.2) is 30.6 Å². The zero-order valence-electron chi connectivity index (χ0n) is 17.1. The minimum absolute atomic E-state index is 0.113. The Balaban J connectivity index is 1.73. The second-order valence-electron chi connectivity index (χ2n) is 7.63. The summed E-state index contributed by atoms with van der Waals surface area (Å²) in [6, 6.07) is 4.98. The van der Waals surface area contributed by atoms with Crippen LogP contribution in [0, 0.1) is 0 Å². The van der Waals surface area contributed by atoms with Crippen molar-refractivity contribution in [2.45, 2.75) is 38.2 Å². The van der Waals surface area contributed by atoms with E-state index in [1.54, 1.807) is 40.9 Å². The van der Waals surface area contributed by atoms with Gasteiger partial charge in [0.05, 0.1) is 22.1 Å². The maximum atomic E-state index is 13.3. The molecule has 0 aliphatic carbocycles. The van der Waals surface area contributed by atoms with Crippen LogP contribution in [-0.4, -0.2) is 47.1 Å². The highest BCUT2D eigenvalue weighted by Crippen LogP contribution is 2.36. The third kappa shape index (κ3) is 3.75. The number of ether oxygens (including phenoxy) is 1. The van der Waals surface area contributed by atoms with Crippen LogP contribution in [0.4, 0.5) is 13.2 Å². The lowest BCUT2D eigenvalue weighted by Crippen LogP contribution is -2.20. The molecule has 0 bridgehead atoms. The van der Waals surface area contributed by atoms with Crippen molar-refractivity contribution in [2.75, 3.05) is 6.61 Å². The van der Waals surface area contributed by atoms with E-state index in [1.165, 1.54) is 6.07 Å². The molecule has 1 saturated heterocycles. The van der Waals surface area contributed by atoms with E-state index in [4.69, 9.17) is 16.3 Å². The fourth-order valence-electron chi connectivity index (χ4n) is 4.00. The van der Waals surface area contributed by atoms with Gasteiger partial charge in [0.25, 0.3) is 0 Å². The van der Waals surface area contributed by atoms with Crippen molar-refractivity contribution in [1.29, 1.82) is 0 Å². The summed E-state index contributed by atoms with van der Waals surface area (Å²) in [5, 5.41) is 12.9. The molecule has 4 aromatic heterocycles. The number of halogens is 4. The van der Waals surface area contributed by atoms with Crippen molar-refractivity contribution in [3.63, 3.8) is 0 Å². The molecule has 5 heterocycles. The van der Waals surface area contributed by atoms with Crippen LogP contribution in [0.2, 0.25) is 5.02 Å². The van der Waals surface area contributed by atoms with Crippen molar-refractivity contribution in [2.24, 2.45) is 7.05 Å². The zero-order valence-corrected chi connectivity index (χ0v) is 17.8. The minimum atomic E-state index is -4.48. The molecule has 168 valence electrons. The predicted octanol–water partition coefficient (Wildman–Crippen LogP) is 4.61. The van der Waals surface area contributed by atoms with Gasteiger partial charge in [-0.1, -0.05) is 11.6 Å². The van der Waals surface area contributed by atoms with Gasteiger partial charge in [-0.25, -0.2) is 9.67 Å². The minimum Gasteiger partial charge on any atom is -0.356 e. The average Bonchev–Trinajstić information content (AvgIpc) is 3.46. The summed E-state index contributed by atoms with van der Waals surface area (Å²) >= 11 is 6.48. The second kappa shape index (κ2) is 7.89. The highest BCUT2D eigenvalue weighted by molar-refractivity contribution is 6.35. The largest absolute Gasteiger partial charge is 0.408 e. The number of fused-ring (bicyclic) bond motifs is 1. The van der Waals surface area contributed by atoms with E-state index in [-0.39, 0.29) is 28.0 Å². The molecule has 0 aromatic carbocycles. The van der Waals surface area contributed by atoms with Crippen LogP contribution in [0.1, 0.15) is 25.5 Å². The zero-order chi connectivity index (χ0) is 22.5. The number of hydrogen-bond donors (Lipinski definition) is 0. The van der Waals surface area contributed by atoms with Crippen molar-refractivity contribution in [1.82, 2.24) is 34.3 Å². The molecule has 1 atom stereocenters. The normalized spacial score (nSPS) is 17.3. The Morgan fingerprint density at radius 3 is 2.62 bits per heavy atom. The molecule has 32 heavy (non-hydrogen) atoms. The lowest BCUT2D eigenvalue weighted by Gasteiger charge is -2.24. The maximum absolute atomic E-state index is 13.3. The van der Waals surface area contributed by atoms with E-state index >= 15 is 0 Å². The summed E-state index contributed by atoms with van der Waals surface area (Å²) in [6.45, 7) is -0.689. The summed E-state index contributed by atoms with van der Waals surface area (Å²) in [5.74, 6) is 0. The molecule has 5 rings (SSSR count). The van der Waals surface area contributed by atoms with Crippen molar-refractivity contribution in [3.8, 4) is 22.8 Å². The predicted molar refractivity (Wildman–Crippen MR) is 111 cm³/mol. The van der Waals surface area contributed by atoms with E-state index in [9.17, 15) is 13.2 Å². The molecule has 0 saturated carbocycles. The van der Waals surface area contributed by atoms with E-state index in [1.807, 2.05) is 0 Å². The highest BCUT2D eigenvalue weighted by atomic mass is 35.5. The third-order valence-corrected chi connectivity index (χ3v) is 5.69. The fourth-order valence-corrected chi connectivity index (χ4v) is 4.29. The van der Waals surface area contributed by atoms with Gasteiger partial charge in [-0.3, -0.25) is 9.36 Å². The maximum Gasteiger partial charge on any atom is 0.408 e. The van der Waals surface area contributed by atoms with E-state index in [2.05, 4.69) is 20.3 Å². The SMILES string of the molecule is Cn1nccc1-c1cc(Cl)c2c(n1)c(-c1ccnn1C1CCCCO1)nn2CC(F)(F)F. The summed E-state index contributed by atoms with van der Waals surface area (Å²) in [5.41, 5.74) is 2.32. The van der Waals surface area contributed by atoms with Crippen LogP contribution in [-0.2, 0) is 18.3 Å². The van der Waals surface area contributed by atoms with Crippen molar-refractivity contribution < 1.29 is 17.9 Å². The first kappa shape index (κ1) is 21.0. The standard InChI is InChI=1S/C20H19ClF3N7O/c1-29-14(5-7-25-29)13-10-12(21)19-18(27-13)17(28-30(19)11-20(22,23)24)15-6-8-26-31(15)16-4-2-3-9-32-16/h5-8,10,16H,2-4,9,11H2,1H3. The van der Waals surface area contributed by atoms with Gasteiger partial charge in [0, 0.05) is 26.0 Å². The van der Waals surface area contributed by atoms with E-state index in [0.29, 0.717) is 23.7 Å². The molecule has 1 unspecified atom stereocenters. The summed E-state index contributed by atoms with van der Waals surface area (Å²) < 4.78 is 49.9. The molecule has 1 aliphatic rings. The average molecular weight is 466 g/mol. The van der Waals surface area contributed by atoms with Crippen LogP contribution >= 0.6 is 11.6 Å². The first-order chi connectivity index (χ1) is 15.3. The number of hydrogen-bond acceptors (Lipinski definition) is 5. The molecule has 0 spiro atoms. The molecular weight excluding hydrogens is 447 g/mol. The monoisotopic (exact) mass is 465 g/mol. The van der Waals surface area contributed by atoms with Crippen LogP contribution in [0.3, 0.4) is 0 Å². The Bertz CT molecular complexity index is 1270. The van der Waals surface area contributed by atoms with Gasteiger partial charge in [-0.15, -0.1) is 0 Å². The highest BCUT2D eigenvalue weighted by Gasteiger charge is 2.32. The smallest absolute Gasteiger partial charge is 0.356 e. The number of nitrogens with zero attached hydrogens (tertiary/aromatic N) is 7. The molecule has 12 heteroatoms. The summed E-state index contributed by atoms with van der Waals surface area (Å²) in [6.07, 6.45) is 1.08. The molecule has 0 N–H and O–H groups in total. The molecular formula is C20H19ClF3N7O. The van der Waals surface area contributed by atoms with Crippen LogP contribution in [0.25, 0.3) is 33.8 Å². The van der Waals surface area contributed by atoms with Gasteiger partial charge >= 0.3 is 6.18 Å². The Kier molecular flexibility index (Phi) is 5.17. The number of alkyl halides is 3. The second-order valence-corrected chi connectivity index (χ2v) is 8.04. The van der Waals surface area contributed by atoms with E-state index in [0.717, 1.165) is 23.9 Å². The van der Waals surface area contributed by atoms with E-state index < -0.39 is 12.7 Å². The topological polar surface area (TPSA) is 75.6 Å². The van der Waals surface area contributed by atoms with Gasteiger partial charge in [-0.2, -0.15) is 28.5 Å². The Labute approximate surface area is 185 Å². The quantitative estimate of drug-likeness (QED) is 0.440. The van der Waals surface area contributed by atoms with Gasteiger partial charge < -0.3 is 4.74 Å². The first-order valence-corrected chi connectivity index (χ1v) is 10.5. The van der Waals surface area contributed by atoms with Gasteiger partial charge in [0.1, 0.15) is 23.3 Å². The Hall–Kier alpha value is -2.92. The lowest BCUT2D eigenvalue weighted by molar-refractivity contribution is -0.141. The lowest BCUT2D eigenvalue weighted by atomic mass is 10.1. The fraction of sp³-hybridized carbons (Fsp3) is 0.400. The number of aromatic nitrogens is 7. The Morgan fingerprint density at radius 1 is 1.16 bits per heavy atom. The van der Waals surface area contributed by atoms with Gasteiger partial charge in [0.15, 0.2) is 6.23 Å². The molecule has 1 fully saturated rings. The van der Waals surface area contributed by atoms with Crippen LogP contribution < -0.4 is 0 Å².